The van der Waals surface area contributed by atoms with Crippen molar-refractivity contribution in [3.05, 3.63) is 78.4 Å². The number of halogens is 2. The zero-order valence-electron chi connectivity index (χ0n) is 11.4. The normalized spacial score (nSPS) is 13.2. The summed E-state index contributed by atoms with van der Waals surface area (Å²) in [5.74, 6) is 0.589. The molecule has 22 heavy (non-hydrogen) atoms. The lowest BCUT2D eigenvalue weighted by molar-refractivity contribution is 0.447. The second-order valence-electron chi connectivity index (χ2n) is 4.90. The van der Waals surface area contributed by atoms with Crippen LogP contribution in [0, 0.1) is 11.6 Å². The van der Waals surface area contributed by atoms with Gasteiger partial charge in [-0.15, -0.1) is 0 Å². The standard InChI is InChI=1S/C18H11F2OS/c19-12-6-8-15-17(10-12)22(14-4-2-1-3-5-14)18-11-13(20)7-9-16(18)21-15/h1-11H/q+1. The molecule has 3 aromatic rings. The molecule has 0 bridgehead atoms. The minimum absolute atomic E-state index is 0.323. The van der Waals surface area contributed by atoms with Crippen molar-refractivity contribution in [2.75, 3.05) is 0 Å². The smallest absolute Gasteiger partial charge is 0.212 e. The molecule has 1 nitrogen and oxygen atoms in total. The Hall–Kier alpha value is -2.33. The first-order valence-electron chi connectivity index (χ1n) is 6.79. The molecule has 3 aromatic carbocycles. The lowest BCUT2D eigenvalue weighted by Gasteiger charge is -2.19. The lowest BCUT2D eigenvalue weighted by Crippen LogP contribution is -2.13. The van der Waals surface area contributed by atoms with E-state index < -0.39 is 10.9 Å². The summed E-state index contributed by atoms with van der Waals surface area (Å²) in [6, 6.07) is 18.7. The lowest BCUT2D eigenvalue weighted by atomic mass is 10.3. The van der Waals surface area contributed by atoms with E-state index in [-0.39, 0.29) is 11.6 Å². The van der Waals surface area contributed by atoms with E-state index in [1.54, 1.807) is 12.1 Å². The molecule has 0 aliphatic carbocycles. The number of ether oxygens (including phenoxy) is 1. The maximum Gasteiger partial charge on any atom is 0.212 e. The van der Waals surface area contributed by atoms with Crippen LogP contribution in [0.15, 0.2) is 81.4 Å². The molecule has 4 heteroatoms. The third-order valence-corrected chi connectivity index (χ3v) is 5.71. The molecule has 0 N–H and O–H groups in total. The SMILES string of the molecule is Fc1ccc2c(c1)[S+](c1ccccc1)c1cc(F)ccc1O2. The van der Waals surface area contributed by atoms with Crippen molar-refractivity contribution in [2.24, 2.45) is 0 Å². The Morgan fingerprint density at radius 3 is 1.77 bits per heavy atom. The van der Waals surface area contributed by atoms with Gasteiger partial charge < -0.3 is 4.74 Å². The molecule has 0 unspecified atom stereocenters. The van der Waals surface area contributed by atoms with Crippen LogP contribution in [0.25, 0.3) is 0 Å². The van der Waals surface area contributed by atoms with Gasteiger partial charge in [-0.05, 0) is 36.4 Å². The first kappa shape index (κ1) is 13.3. The van der Waals surface area contributed by atoms with E-state index in [2.05, 4.69) is 0 Å². The summed E-state index contributed by atoms with van der Waals surface area (Å²) in [5.41, 5.74) is 0. The van der Waals surface area contributed by atoms with Gasteiger partial charge in [0, 0.05) is 12.1 Å². The fraction of sp³-hybridized carbons (Fsp3) is 0. The van der Waals surface area contributed by atoms with Crippen LogP contribution in [0.5, 0.6) is 11.5 Å². The number of benzene rings is 3. The predicted octanol–water partition coefficient (Wildman–Crippen LogP) is 5.17. The summed E-state index contributed by atoms with van der Waals surface area (Å²) in [4.78, 5) is 2.48. The molecule has 0 saturated carbocycles. The molecule has 108 valence electrons. The Balaban J connectivity index is 1.99. The van der Waals surface area contributed by atoms with E-state index >= 15 is 0 Å². The monoisotopic (exact) mass is 313 g/mol. The van der Waals surface area contributed by atoms with Crippen LogP contribution in [0.2, 0.25) is 0 Å². The van der Waals surface area contributed by atoms with Crippen molar-refractivity contribution in [2.45, 2.75) is 14.7 Å². The highest BCUT2D eigenvalue weighted by Gasteiger charge is 2.39. The van der Waals surface area contributed by atoms with E-state index in [1.807, 2.05) is 30.3 Å². The van der Waals surface area contributed by atoms with Gasteiger partial charge in [0.15, 0.2) is 16.4 Å². The largest absolute Gasteiger partial charge is 0.447 e. The average molecular weight is 313 g/mol. The predicted molar refractivity (Wildman–Crippen MR) is 81.5 cm³/mol. The van der Waals surface area contributed by atoms with Gasteiger partial charge in [0.1, 0.15) is 22.5 Å². The maximum absolute atomic E-state index is 13.7. The van der Waals surface area contributed by atoms with E-state index in [0.717, 1.165) is 14.7 Å². The summed E-state index contributed by atoms with van der Waals surface area (Å²) in [5, 5.41) is 0. The van der Waals surface area contributed by atoms with Gasteiger partial charge in [0.25, 0.3) is 0 Å². The minimum Gasteiger partial charge on any atom is -0.447 e. The topological polar surface area (TPSA) is 9.23 Å². The van der Waals surface area contributed by atoms with Crippen molar-refractivity contribution < 1.29 is 13.5 Å². The molecule has 0 saturated heterocycles. The van der Waals surface area contributed by atoms with Crippen LogP contribution in [-0.2, 0) is 10.9 Å². The number of rotatable bonds is 1. The Labute approximate surface area is 129 Å². The summed E-state index contributed by atoms with van der Waals surface area (Å²) in [7, 11) is -0.583. The molecule has 1 heterocycles. The second-order valence-corrected chi connectivity index (χ2v) is 6.87. The zero-order valence-corrected chi connectivity index (χ0v) is 12.2. The molecular weight excluding hydrogens is 302 g/mol. The second kappa shape index (κ2) is 5.14. The maximum atomic E-state index is 13.7. The van der Waals surface area contributed by atoms with Crippen molar-refractivity contribution in [1.82, 2.24) is 0 Å². The Bertz CT molecular complexity index is 797. The van der Waals surface area contributed by atoms with E-state index in [9.17, 15) is 8.78 Å². The van der Waals surface area contributed by atoms with Crippen molar-refractivity contribution in [3.8, 4) is 11.5 Å². The van der Waals surface area contributed by atoms with Gasteiger partial charge in [-0.2, -0.15) is 0 Å². The van der Waals surface area contributed by atoms with Gasteiger partial charge in [-0.1, -0.05) is 18.2 Å². The molecule has 4 rings (SSSR count). The van der Waals surface area contributed by atoms with Crippen LogP contribution in [0.3, 0.4) is 0 Å². The van der Waals surface area contributed by atoms with Gasteiger partial charge in [0.2, 0.25) is 9.79 Å². The first-order chi connectivity index (χ1) is 10.7. The number of fused-ring (bicyclic) bond motifs is 2. The third-order valence-electron chi connectivity index (χ3n) is 3.45. The molecule has 1 aliphatic rings. The molecule has 0 aromatic heterocycles. The highest BCUT2D eigenvalue weighted by molar-refractivity contribution is 7.97. The Morgan fingerprint density at radius 1 is 0.682 bits per heavy atom. The Kier molecular flexibility index (Phi) is 3.12. The summed E-state index contributed by atoms with van der Waals surface area (Å²) in [6.45, 7) is 0. The number of hydrogen-bond acceptors (Lipinski definition) is 1. The van der Waals surface area contributed by atoms with E-state index in [1.165, 1.54) is 24.3 Å². The Morgan fingerprint density at radius 2 is 1.23 bits per heavy atom. The minimum atomic E-state index is -0.583. The molecule has 0 radical (unpaired) electrons. The van der Waals surface area contributed by atoms with Gasteiger partial charge in [0.05, 0.1) is 0 Å². The fourth-order valence-corrected chi connectivity index (χ4v) is 4.76. The van der Waals surface area contributed by atoms with E-state index in [0.29, 0.717) is 11.5 Å². The van der Waals surface area contributed by atoms with Crippen molar-refractivity contribution in [3.63, 3.8) is 0 Å². The molecular formula is C18H11F2OS+. The summed E-state index contributed by atoms with van der Waals surface area (Å²) in [6.07, 6.45) is 0. The van der Waals surface area contributed by atoms with Gasteiger partial charge in [-0.3, -0.25) is 0 Å². The van der Waals surface area contributed by atoms with Gasteiger partial charge in [-0.25, -0.2) is 8.78 Å². The quantitative estimate of drug-likeness (QED) is 0.441. The first-order valence-corrected chi connectivity index (χ1v) is 8.01. The van der Waals surface area contributed by atoms with Crippen molar-refractivity contribution in [1.29, 1.82) is 0 Å². The molecule has 0 fully saturated rings. The zero-order chi connectivity index (χ0) is 15.1. The van der Waals surface area contributed by atoms with Crippen LogP contribution in [0.4, 0.5) is 8.78 Å². The van der Waals surface area contributed by atoms with Crippen LogP contribution in [-0.4, -0.2) is 0 Å². The highest BCUT2D eigenvalue weighted by atomic mass is 32.2. The highest BCUT2D eigenvalue weighted by Crippen LogP contribution is 2.47. The van der Waals surface area contributed by atoms with Gasteiger partial charge >= 0.3 is 0 Å². The summed E-state index contributed by atoms with van der Waals surface area (Å²) < 4.78 is 33.2. The van der Waals surface area contributed by atoms with Crippen molar-refractivity contribution >= 4 is 10.9 Å². The van der Waals surface area contributed by atoms with Crippen LogP contribution in [0.1, 0.15) is 0 Å². The summed E-state index contributed by atoms with van der Waals surface area (Å²) >= 11 is 0. The molecule has 1 aliphatic heterocycles. The van der Waals surface area contributed by atoms with Crippen LogP contribution >= 0.6 is 0 Å². The van der Waals surface area contributed by atoms with Crippen LogP contribution < -0.4 is 4.74 Å². The number of hydrogen-bond donors (Lipinski definition) is 0. The molecule has 0 spiro atoms. The fourth-order valence-electron chi connectivity index (χ4n) is 2.50. The molecule has 0 atom stereocenters. The van der Waals surface area contributed by atoms with E-state index in [4.69, 9.17) is 4.74 Å². The third kappa shape index (κ3) is 2.16. The average Bonchev–Trinajstić information content (AvgIpc) is 2.54. The molecule has 0 amide bonds.